The minimum absolute atomic E-state index is 0.0778. The Morgan fingerprint density at radius 3 is 2.67 bits per heavy atom. The van der Waals surface area contributed by atoms with Crippen molar-refractivity contribution in [3.63, 3.8) is 0 Å². The van der Waals surface area contributed by atoms with E-state index in [0.29, 0.717) is 20.3 Å². The summed E-state index contributed by atoms with van der Waals surface area (Å²) < 4.78 is 19.4. The summed E-state index contributed by atoms with van der Waals surface area (Å²) >= 11 is 14.8. The van der Waals surface area contributed by atoms with Gasteiger partial charge in [-0.05, 0) is 36.4 Å². The fourth-order valence-corrected chi connectivity index (χ4v) is 2.31. The molecule has 0 aliphatic carbocycles. The molecule has 110 valence electrons. The minimum Gasteiger partial charge on any atom is -0.482 e. The van der Waals surface area contributed by atoms with Gasteiger partial charge in [0.1, 0.15) is 11.6 Å². The largest absolute Gasteiger partial charge is 0.482 e. The van der Waals surface area contributed by atoms with E-state index in [0.717, 1.165) is 0 Å². The lowest BCUT2D eigenvalue weighted by molar-refractivity contribution is -0.118. The number of benzene rings is 2. The first-order chi connectivity index (χ1) is 9.95. The second-order valence-corrected chi connectivity index (χ2v) is 5.80. The fraction of sp³-hybridized carbons (Fsp3) is 0.0714. The van der Waals surface area contributed by atoms with Crippen LogP contribution >= 0.6 is 39.1 Å². The van der Waals surface area contributed by atoms with E-state index in [1.54, 1.807) is 18.2 Å². The molecule has 3 nitrogen and oxygen atoms in total. The Bertz CT molecular complexity index is 682. The molecule has 0 aliphatic heterocycles. The molecule has 0 atom stereocenters. The zero-order valence-electron chi connectivity index (χ0n) is 10.5. The fourth-order valence-electron chi connectivity index (χ4n) is 1.51. The number of carbonyl (C=O) groups excluding carboxylic acids is 1. The van der Waals surface area contributed by atoms with Crippen molar-refractivity contribution < 1.29 is 13.9 Å². The summed E-state index contributed by atoms with van der Waals surface area (Å²) in [7, 11) is 0. The molecule has 2 rings (SSSR count). The number of carbonyl (C=O) groups is 1. The molecular formula is C14H9BrCl2FNO2. The molecular weight excluding hydrogens is 384 g/mol. The summed E-state index contributed by atoms with van der Waals surface area (Å²) in [5.41, 5.74) is 0.0778. The molecule has 0 unspecified atom stereocenters. The highest BCUT2D eigenvalue weighted by molar-refractivity contribution is 9.10. The molecule has 0 bridgehead atoms. The lowest BCUT2D eigenvalue weighted by Crippen LogP contribution is -2.20. The molecule has 0 radical (unpaired) electrons. The molecule has 0 saturated carbocycles. The van der Waals surface area contributed by atoms with Crippen molar-refractivity contribution in [3.05, 3.63) is 56.7 Å². The van der Waals surface area contributed by atoms with Gasteiger partial charge in [0, 0.05) is 9.50 Å². The van der Waals surface area contributed by atoms with Gasteiger partial charge in [0.05, 0.1) is 10.7 Å². The Kier molecular flexibility index (Phi) is 5.45. The first-order valence-electron chi connectivity index (χ1n) is 5.78. The van der Waals surface area contributed by atoms with Crippen LogP contribution in [-0.4, -0.2) is 12.5 Å². The van der Waals surface area contributed by atoms with E-state index in [9.17, 15) is 9.18 Å². The maximum atomic E-state index is 13.6. The van der Waals surface area contributed by atoms with Crippen molar-refractivity contribution in [2.75, 3.05) is 11.9 Å². The average molecular weight is 393 g/mol. The van der Waals surface area contributed by atoms with Crippen LogP contribution in [-0.2, 0) is 4.79 Å². The van der Waals surface area contributed by atoms with E-state index in [2.05, 4.69) is 21.2 Å². The number of hydrogen-bond acceptors (Lipinski definition) is 2. The normalized spacial score (nSPS) is 10.3. The number of amides is 1. The van der Waals surface area contributed by atoms with E-state index in [-0.39, 0.29) is 12.3 Å². The number of rotatable bonds is 4. The van der Waals surface area contributed by atoms with E-state index in [1.165, 1.54) is 18.2 Å². The number of nitrogens with one attached hydrogen (secondary N) is 1. The highest BCUT2D eigenvalue weighted by Crippen LogP contribution is 2.27. The SMILES string of the molecule is O=C(COc1ccc(Cl)cc1Cl)Nc1ccc(Br)cc1F. The predicted octanol–water partition coefficient (Wildman–Crippen LogP) is 4.91. The molecule has 0 saturated heterocycles. The van der Waals surface area contributed by atoms with Crippen LogP contribution in [0.5, 0.6) is 5.75 Å². The average Bonchev–Trinajstić information content (AvgIpc) is 2.41. The van der Waals surface area contributed by atoms with E-state index >= 15 is 0 Å². The zero-order valence-corrected chi connectivity index (χ0v) is 13.6. The Labute approximate surface area is 139 Å². The second kappa shape index (κ2) is 7.11. The standard InChI is InChI=1S/C14H9BrCl2FNO2/c15-8-1-3-12(11(18)5-8)19-14(20)7-21-13-4-2-9(16)6-10(13)17/h1-6H,7H2,(H,19,20). The number of ether oxygens (including phenoxy) is 1. The van der Waals surface area contributed by atoms with Crippen LogP contribution in [0, 0.1) is 5.82 Å². The third-order valence-corrected chi connectivity index (χ3v) is 3.48. The van der Waals surface area contributed by atoms with Gasteiger partial charge >= 0.3 is 0 Å². The number of hydrogen-bond donors (Lipinski definition) is 1. The Morgan fingerprint density at radius 2 is 2.00 bits per heavy atom. The van der Waals surface area contributed by atoms with Gasteiger partial charge in [-0.2, -0.15) is 0 Å². The summed E-state index contributed by atoms with van der Waals surface area (Å²) in [6, 6.07) is 8.98. The Balaban J connectivity index is 1.96. The van der Waals surface area contributed by atoms with Crippen molar-refractivity contribution in [2.24, 2.45) is 0 Å². The Hall–Kier alpha value is -1.30. The molecule has 2 aromatic carbocycles. The van der Waals surface area contributed by atoms with Gasteiger partial charge in [-0.3, -0.25) is 4.79 Å². The maximum absolute atomic E-state index is 13.6. The summed E-state index contributed by atoms with van der Waals surface area (Å²) in [6.07, 6.45) is 0. The highest BCUT2D eigenvalue weighted by atomic mass is 79.9. The van der Waals surface area contributed by atoms with Gasteiger partial charge < -0.3 is 10.1 Å². The third kappa shape index (κ3) is 4.59. The molecule has 0 fully saturated rings. The van der Waals surface area contributed by atoms with E-state index in [4.69, 9.17) is 27.9 Å². The molecule has 0 spiro atoms. The van der Waals surface area contributed by atoms with Crippen LogP contribution in [0.15, 0.2) is 40.9 Å². The van der Waals surface area contributed by atoms with Gasteiger partial charge in [0.2, 0.25) is 0 Å². The summed E-state index contributed by atoms with van der Waals surface area (Å²) in [5, 5.41) is 3.17. The first kappa shape index (κ1) is 16.1. The van der Waals surface area contributed by atoms with Gasteiger partial charge in [-0.25, -0.2) is 4.39 Å². The van der Waals surface area contributed by atoms with Crippen molar-refractivity contribution >= 4 is 50.7 Å². The molecule has 21 heavy (non-hydrogen) atoms. The van der Waals surface area contributed by atoms with Gasteiger partial charge in [0.25, 0.3) is 5.91 Å². The third-order valence-electron chi connectivity index (χ3n) is 2.46. The van der Waals surface area contributed by atoms with Gasteiger partial charge in [0.15, 0.2) is 6.61 Å². The van der Waals surface area contributed by atoms with Crippen LogP contribution < -0.4 is 10.1 Å². The van der Waals surface area contributed by atoms with Crippen LogP contribution in [0.25, 0.3) is 0 Å². The summed E-state index contributed by atoms with van der Waals surface area (Å²) in [4.78, 5) is 11.7. The lowest BCUT2D eigenvalue weighted by Gasteiger charge is -2.09. The molecule has 1 amide bonds. The number of halogens is 4. The Morgan fingerprint density at radius 1 is 1.24 bits per heavy atom. The van der Waals surface area contributed by atoms with E-state index < -0.39 is 11.7 Å². The zero-order chi connectivity index (χ0) is 15.4. The first-order valence-corrected chi connectivity index (χ1v) is 7.33. The molecule has 2 aromatic rings. The van der Waals surface area contributed by atoms with Crippen LogP contribution in [0.4, 0.5) is 10.1 Å². The van der Waals surface area contributed by atoms with E-state index in [1.807, 2.05) is 0 Å². The molecule has 0 aromatic heterocycles. The second-order valence-electron chi connectivity index (χ2n) is 4.04. The minimum atomic E-state index is -0.540. The predicted molar refractivity (Wildman–Crippen MR) is 84.7 cm³/mol. The van der Waals surface area contributed by atoms with Gasteiger partial charge in [-0.1, -0.05) is 39.1 Å². The molecule has 0 aliphatic rings. The van der Waals surface area contributed by atoms with Crippen molar-refractivity contribution in [2.45, 2.75) is 0 Å². The van der Waals surface area contributed by atoms with Crippen molar-refractivity contribution in [3.8, 4) is 5.75 Å². The summed E-state index contributed by atoms with van der Waals surface area (Å²) in [6.45, 7) is -0.295. The number of anilines is 1. The summed E-state index contributed by atoms with van der Waals surface area (Å²) in [5.74, 6) is -0.711. The topological polar surface area (TPSA) is 38.3 Å². The molecule has 1 N–H and O–H groups in total. The lowest BCUT2D eigenvalue weighted by atomic mass is 10.3. The van der Waals surface area contributed by atoms with Crippen molar-refractivity contribution in [1.29, 1.82) is 0 Å². The smallest absolute Gasteiger partial charge is 0.262 e. The van der Waals surface area contributed by atoms with Crippen molar-refractivity contribution in [1.82, 2.24) is 0 Å². The van der Waals surface area contributed by atoms with Crippen LogP contribution in [0.2, 0.25) is 10.0 Å². The molecule has 7 heteroatoms. The maximum Gasteiger partial charge on any atom is 0.262 e. The van der Waals surface area contributed by atoms with Crippen LogP contribution in [0.3, 0.4) is 0 Å². The highest BCUT2D eigenvalue weighted by Gasteiger charge is 2.09. The quantitative estimate of drug-likeness (QED) is 0.802. The van der Waals surface area contributed by atoms with Gasteiger partial charge in [-0.15, -0.1) is 0 Å². The monoisotopic (exact) mass is 391 g/mol. The van der Waals surface area contributed by atoms with Crippen LogP contribution in [0.1, 0.15) is 0 Å². The molecule has 0 heterocycles.